The van der Waals surface area contributed by atoms with Crippen LogP contribution in [0.3, 0.4) is 0 Å². The summed E-state index contributed by atoms with van der Waals surface area (Å²) in [6.07, 6.45) is 4.64. The molecule has 8 heteroatoms. The molecular formula is C17H19FN6O. The number of hydrogen-bond acceptors (Lipinski definition) is 6. The predicted molar refractivity (Wildman–Crippen MR) is 92.4 cm³/mol. The van der Waals surface area contributed by atoms with Crippen molar-refractivity contribution >= 4 is 23.1 Å². The summed E-state index contributed by atoms with van der Waals surface area (Å²) in [5.74, 6) is 0.534. The van der Waals surface area contributed by atoms with E-state index < -0.39 is 5.95 Å². The van der Waals surface area contributed by atoms with Crippen LogP contribution in [0.2, 0.25) is 0 Å². The molecule has 3 aromatic rings. The molecule has 0 spiro atoms. The quantitative estimate of drug-likeness (QED) is 0.632. The van der Waals surface area contributed by atoms with Gasteiger partial charge in [0.15, 0.2) is 5.65 Å². The number of aliphatic hydroxyl groups is 1. The first-order chi connectivity index (χ1) is 12.2. The number of fused-ring (bicyclic) bond motifs is 1. The second-order valence-electron chi connectivity index (χ2n) is 6.23. The van der Waals surface area contributed by atoms with E-state index in [1.54, 1.807) is 16.6 Å². The molecular weight excluding hydrogens is 323 g/mol. The summed E-state index contributed by atoms with van der Waals surface area (Å²) in [7, 11) is 0. The standard InChI is InChI=1S/C17H19FN6O/c18-16-13(3-2-10-19-16)21-17-22-15-5-1-4-14(24(15)23-17)20-11-6-8-12(25)9-7-11/h1-5,10-12,20,25H,6-9H2,(H,21,23). The number of hydrogen-bond donors (Lipinski definition) is 3. The molecule has 3 aromatic heterocycles. The minimum Gasteiger partial charge on any atom is -0.393 e. The van der Waals surface area contributed by atoms with Gasteiger partial charge in [0, 0.05) is 12.2 Å². The van der Waals surface area contributed by atoms with Crippen LogP contribution in [0.25, 0.3) is 5.65 Å². The summed E-state index contributed by atoms with van der Waals surface area (Å²) in [5.41, 5.74) is 0.891. The second kappa shape index (κ2) is 6.64. The van der Waals surface area contributed by atoms with Crippen molar-refractivity contribution in [3.63, 3.8) is 0 Å². The van der Waals surface area contributed by atoms with Crippen LogP contribution >= 0.6 is 0 Å². The van der Waals surface area contributed by atoms with Crippen LogP contribution in [-0.2, 0) is 0 Å². The molecule has 3 N–H and O–H groups in total. The van der Waals surface area contributed by atoms with Crippen molar-refractivity contribution in [2.75, 3.05) is 10.6 Å². The molecule has 1 saturated carbocycles. The largest absolute Gasteiger partial charge is 0.393 e. The van der Waals surface area contributed by atoms with E-state index in [1.165, 1.54) is 6.20 Å². The number of nitrogens with zero attached hydrogens (tertiary/aromatic N) is 4. The van der Waals surface area contributed by atoms with Gasteiger partial charge in [-0.05, 0) is 49.9 Å². The fourth-order valence-electron chi connectivity index (χ4n) is 3.10. The maximum Gasteiger partial charge on any atom is 0.247 e. The van der Waals surface area contributed by atoms with Gasteiger partial charge in [-0.2, -0.15) is 13.9 Å². The Hall–Kier alpha value is -2.74. The Morgan fingerprint density at radius 3 is 2.76 bits per heavy atom. The number of halogens is 1. The zero-order valence-electron chi connectivity index (χ0n) is 13.6. The van der Waals surface area contributed by atoms with Gasteiger partial charge in [0.25, 0.3) is 0 Å². The Labute approximate surface area is 143 Å². The number of nitrogens with one attached hydrogen (secondary N) is 2. The minimum absolute atomic E-state index is 0.189. The number of pyridine rings is 2. The molecule has 0 atom stereocenters. The summed E-state index contributed by atoms with van der Waals surface area (Å²) in [6.45, 7) is 0. The van der Waals surface area contributed by atoms with Gasteiger partial charge in [0.1, 0.15) is 5.82 Å². The molecule has 0 saturated heterocycles. The SMILES string of the molecule is OC1CCC(Nc2cccc3nc(Nc4cccnc4F)nn23)CC1. The highest BCUT2D eigenvalue weighted by Gasteiger charge is 2.20. The molecule has 0 aliphatic heterocycles. The van der Waals surface area contributed by atoms with E-state index in [1.807, 2.05) is 18.2 Å². The van der Waals surface area contributed by atoms with Gasteiger partial charge >= 0.3 is 0 Å². The highest BCUT2D eigenvalue weighted by atomic mass is 19.1. The molecule has 0 unspecified atom stereocenters. The van der Waals surface area contributed by atoms with Crippen LogP contribution in [0.15, 0.2) is 36.5 Å². The third-order valence-electron chi connectivity index (χ3n) is 4.41. The second-order valence-corrected chi connectivity index (χ2v) is 6.23. The molecule has 3 heterocycles. The van der Waals surface area contributed by atoms with Gasteiger partial charge < -0.3 is 15.7 Å². The van der Waals surface area contributed by atoms with E-state index in [9.17, 15) is 9.50 Å². The molecule has 1 aliphatic rings. The van der Waals surface area contributed by atoms with Crippen LogP contribution in [-0.4, -0.2) is 36.8 Å². The number of aliphatic hydroxyl groups excluding tert-OH is 1. The molecule has 0 bridgehead atoms. The van der Waals surface area contributed by atoms with Crippen molar-refractivity contribution in [2.45, 2.75) is 37.8 Å². The lowest BCUT2D eigenvalue weighted by Crippen LogP contribution is -2.29. The maximum atomic E-state index is 13.7. The summed E-state index contributed by atoms with van der Waals surface area (Å²) in [6, 6.07) is 9.20. The Bertz CT molecular complexity index is 874. The van der Waals surface area contributed by atoms with E-state index in [-0.39, 0.29) is 11.8 Å². The Balaban J connectivity index is 1.57. The summed E-state index contributed by atoms with van der Waals surface area (Å²) >= 11 is 0. The summed E-state index contributed by atoms with van der Waals surface area (Å²) in [4.78, 5) is 7.99. The summed E-state index contributed by atoms with van der Waals surface area (Å²) in [5, 5.41) is 20.4. The Morgan fingerprint density at radius 1 is 1.12 bits per heavy atom. The Morgan fingerprint density at radius 2 is 1.96 bits per heavy atom. The van der Waals surface area contributed by atoms with Gasteiger partial charge in [-0.15, -0.1) is 5.10 Å². The first kappa shape index (κ1) is 15.8. The van der Waals surface area contributed by atoms with E-state index in [0.717, 1.165) is 31.5 Å². The zero-order valence-corrected chi connectivity index (χ0v) is 13.6. The monoisotopic (exact) mass is 342 g/mol. The number of anilines is 3. The zero-order chi connectivity index (χ0) is 17.2. The normalized spacial score (nSPS) is 20.6. The summed E-state index contributed by atoms with van der Waals surface area (Å²) < 4.78 is 15.4. The van der Waals surface area contributed by atoms with E-state index in [2.05, 4.69) is 25.7 Å². The van der Waals surface area contributed by atoms with Crippen LogP contribution in [0.5, 0.6) is 0 Å². The topological polar surface area (TPSA) is 87.4 Å². The van der Waals surface area contributed by atoms with E-state index >= 15 is 0 Å². The fourth-order valence-corrected chi connectivity index (χ4v) is 3.10. The highest BCUT2D eigenvalue weighted by molar-refractivity contribution is 5.57. The molecule has 1 fully saturated rings. The van der Waals surface area contributed by atoms with Gasteiger partial charge in [-0.3, -0.25) is 0 Å². The van der Waals surface area contributed by atoms with Crippen molar-refractivity contribution in [2.24, 2.45) is 0 Å². The molecule has 1 aliphatic carbocycles. The van der Waals surface area contributed by atoms with Crippen molar-refractivity contribution in [1.29, 1.82) is 0 Å². The third kappa shape index (κ3) is 3.39. The average Bonchev–Trinajstić information content (AvgIpc) is 3.03. The smallest absolute Gasteiger partial charge is 0.247 e. The lowest BCUT2D eigenvalue weighted by molar-refractivity contribution is 0.126. The minimum atomic E-state index is -0.597. The molecule has 7 nitrogen and oxygen atoms in total. The highest BCUT2D eigenvalue weighted by Crippen LogP contribution is 2.23. The average molecular weight is 342 g/mol. The van der Waals surface area contributed by atoms with Gasteiger partial charge in [-0.1, -0.05) is 6.07 Å². The van der Waals surface area contributed by atoms with E-state index in [0.29, 0.717) is 17.6 Å². The Kier molecular flexibility index (Phi) is 4.19. The van der Waals surface area contributed by atoms with Crippen molar-refractivity contribution in [1.82, 2.24) is 19.6 Å². The number of rotatable bonds is 4. The molecule has 130 valence electrons. The van der Waals surface area contributed by atoms with Crippen molar-refractivity contribution < 1.29 is 9.50 Å². The van der Waals surface area contributed by atoms with Crippen LogP contribution in [0, 0.1) is 5.95 Å². The fraction of sp³-hybridized carbons (Fsp3) is 0.353. The van der Waals surface area contributed by atoms with E-state index in [4.69, 9.17) is 0 Å². The lowest BCUT2D eigenvalue weighted by Gasteiger charge is -2.26. The van der Waals surface area contributed by atoms with Crippen LogP contribution < -0.4 is 10.6 Å². The predicted octanol–water partition coefficient (Wildman–Crippen LogP) is 2.72. The molecule has 4 rings (SSSR count). The van der Waals surface area contributed by atoms with Gasteiger partial charge in [0.2, 0.25) is 11.9 Å². The molecule has 25 heavy (non-hydrogen) atoms. The molecule has 0 aromatic carbocycles. The van der Waals surface area contributed by atoms with Crippen molar-refractivity contribution in [3.05, 3.63) is 42.5 Å². The van der Waals surface area contributed by atoms with Gasteiger partial charge in [-0.25, -0.2) is 4.98 Å². The molecule has 0 radical (unpaired) electrons. The maximum absolute atomic E-state index is 13.7. The van der Waals surface area contributed by atoms with Gasteiger partial charge in [0.05, 0.1) is 11.8 Å². The number of aromatic nitrogens is 4. The lowest BCUT2D eigenvalue weighted by atomic mass is 9.93. The first-order valence-electron chi connectivity index (χ1n) is 8.37. The van der Waals surface area contributed by atoms with Crippen LogP contribution in [0.4, 0.5) is 21.8 Å². The first-order valence-corrected chi connectivity index (χ1v) is 8.37. The van der Waals surface area contributed by atoms with Crippen LogP contribution in [0.1, 0.15) is 25.7 Å². The molecule has 0 amide bonds. The van der Waals surface area contributed by atoms with Crippen molar-refractivity contribution in [3.8, 4) is 0 Å². The third-order valence-corrected chi connectivity index (χ3v) is 4.41.